The Morgan fingerprint density at radius 2 is 1.54 bits per heavy atom. The number of amides is 1. The lowest BCUT2D eigenvalue weighted by molar-refractivity contribution is -0.119. The molecule has 0 radical (unpaired) electrons. The molecule has 0 saturated heterocycles. The van der Waals surface area contributed by atoms with E-state index < -0.39 is 22.5 Å². The second-order valence-electron chi connectivity index (χ2n) is 8.48. The molecular formula is C28H33N3O5S. The Labute approximate surface area is 219 Å². The molecule has 3 rings (SSSR count). The van der Waals surface area contributed by atoms with Crippen molar-refractivity contribution in [1.29, 1.82) is 0 Å². The van der Waals surface area contributed by atoms with Crippen LogP contribution in [0.4, 0.5) is 5.69 Å². The van der Waals surface area contributed by atoms with Gasteiger partial charge < -0.3 is 9.47 Å². The molecular weight excluding hydrogens is 490 g/mol. The lowest BCUT2D eigenvalue weighted by Crippen LogP contribution is -2.40. The van der Waals surface area contributed by atoms with Gasteiger partial charge in [0, 0.05) is 0 Å². The molecule has 0 aliphatic carbocycles. The first kappa shape index (κ1) is 27.7. The van der Waals surface area contributed by atoms with Gasteiger partial charge in [0.25, 0.3) is 15.9 Å². The average molecular weight is 524 g/mol. The Morgan fingerprint density at radius 3 is 2.19 bits per heavy atom. The molecule has 0 unspecified atom stereocenters. The van der Waals surface area contributed by atoms with Gasteiger partial charge >= 0.3 is 0 Å². The van der Waals surface area contributed by atoms with Crippen molar-refractivity contribution in [2.75, 3.05) is 24.1 Å². The zero-order valence-electron chi connectivity index (χ0n) is 21.8. The molecule has 1 N–H and O–H groups in total. The molecule has 0 fully saturated rings. The summed E-state index contributed by atoms with van der Waals surface area (Å²) >= 11 is 0. The van der Waals surface area contributed by atoms with Crippen LogP contribution in [0.5, 0.6) is 11.5 Å². The van der Waals surface area contributed by atoms with Crippen LogP contribution in [-0.2, 0) is 14.8 Å². The normalized spacial score (nSPS) is 11.4. The van der Waals surface area contributed by atoms with Crippen molar-refractivity contribution >= 4 is 27.8 Å². The van der Waals surface area contributed by atoms with Crippen molar-refractivity contribution < 1.29 is 22.7 Å². The molecule has 0 aliphatic rings. The van der Waals surface area contributed by atoms with Gasteiger partial charge in [-0.25, -0.2) is 13.8 Å². The van der Waals surface area contributed by atoms with E-state index in [1.807, 2.05) is 46.8 Å². The third-order valence-electron chi connectivity index (χ3n) is 5.49. The summed E-state index contributed by atoms with van der Waals surface area (Å²) in [7, 11) is -4.01. The number of hydrogen-bond donors (Lipinski definition) is 1. The predicted molar refractivity (Wildman–Crippen MR) is 146 cm³/mol. The number of hydrogen-bond acceptors (Lipinski definition) is 6. The van der Waals surface area contributed by atoms with E-state index >= 15 is 0 Å². The number of nitrogens with zero attached hydrogens (tertiary/aromatic N) is 2. The van der Waals surface area contributed by atoms with Crippen molar-refractivity contribution in [2.45, 2.75) is 39.5 Å². The molecule has 0 heterocycles. The van der Waals surface area contributed by atoms with Crippen LogP contribution >= 0.6 is 0 Å². The molecule has 0 atom stereocenters. The number of sulfonamides is 1. The zero-order valence-corrected chi connectivity index (χ0v) is 22.6. The van der Waals surface area contributed by atoms with Gasteiger partial charge in [-0.15, -0.1) is 0 Å². The van der Waals surface area contributed by atoms with Crippen LogP contribution < -0.4 is 19.2 Å². The second-order valence-corrected chi connectivity index (χ2v) is 10.3. The quantitative estimate of drug-likeness (QED) is 0.289. The van der Waals surface area contributed by atoms with Crippen LogP contribution in [0.3, 0.4) is 0 Å². The maximum Gasteiger partial charge on any atom is 0.264 e. The minimum atomic E-state index is -4.01. The molecule has 8 nitrogen and oxygen atoms in total. The fourth-order valence-electron chi connectivity index (χ4n) is 3.71. The van der Waals surface area contributed by atoms with Crippen LogP contribution in [-0.4, -0.2) is 40.3 Å². The Kier molecular flexibility index (Phi) is 9.30. The summed E-state index contributed by atoms with van der Waals surface area (Å²) in [5.74, 6) is 0.615. The highest BCUT2D eigenvalue weighted by molar-refractivity contribution is 7.92. The third-order valence-corrected chi connectivity index (χ3v) is 7.26. The number of aryl methyl sites for hydroxylation is 3. The maximum atomic E-state index is 13.6. The average Bonchev–Trinajstić information content (AvgIpc) is 2.85. The number of anilines is 1. The van der Waals surface area contributed by atoms with Gasteiger partial charge in [-0.2, -0.15) is 5.10 Å². The summed E-state index contributed by atoms with van der Waals surface area (Å²) in [4.78, 5) is 13.0. The number of rotatable bonds is 11. The molecule has 0 aromatic heterocycles. The first-order valence-electron chi connectivity index (χ1n) is 12.0. The van der Waals surface area contributed by atoms with E-state index in [-0.39, 0.29) is 4.90 Å². The van der Waals surface area contributed by atoms with E-state index in [9.17, 15) is 13.2 Å². The lowest BCUT2D eigenvalue weighted by Gasteiger charge is -2.25. The van der Waals surface area contributed by atoms with Crippen LogP contribution in [0.25, 0.3) is 0 Å². The maximum absolute atomic E-state index is 13.6. The van der Waals surface area contributed by atoms with E-state index in [0.717, 1.165) is 21.0 Å². The first-order chi connectivity index (χ1) is 17.6. The standard InChI is InChI=1S/C28H33N3O5S/c1-6-35-26-15-11-23(17-27(26)36-7-2)18-29-30-28(32)19-31(25-14-10-21(4)16-22(25)5)37(33,34)24-12-8-20(3)9-13-24/h8-18H,6-7,19H2,1-5H3,(H,30,32)/b29-18-. The first-order valence-corrected chi connectivity index (χ1v) is 13.5. The van der Waals surface area contributed by atoms with Crippen LogP contribution in [0.1, 0.15) is 36.1 Å². The molecule has 0 aliphatic heterocycles. The van der Waals surface area contributed by atoms with Gasteiger partial charge in [-0.05, 0) is 82.1 Å². The zero-order chi connectivity index (χ0) is 27.0. The molecule has 196 valence electrons. The number of nitrogens with one attached hydrogen (secondary N) is 1. The van der Waals surface area contributed by atoms with E-state index in [0.29, 0.717) is 36.0 Å². The van der Waals surface area contributed by atoms with Gasteiger partial charge in [-0.3, -0.25) is 9.10 Å². The van der Waals surface area contributed by atoms with Crippen LogP contribution in [0, 0.1) is 20.8 Å². The number of hydrazone groups is 1. The fraction of sp³-hybridized carbons (Fsp3) is 0.286. The van der Waals surface area contributed by atoms with Crippen LogP contribution in [0.2, 0.25) is 0 Å². The summed E-state index contributed by atoms with van der Waals surface area (Å²) in [5.41, 5.74) is 6.22. The highest BCUT2D eigenvalue weighted by atomic mass is 32.2. The second kappa shape index (κ2) is 12.4. The molecule has 37 heavy (non-hydrogen) atoms. The fourth-order valence-corrected chi connectivity index (χ4v) is 5.20. The number of benzene rings is 3. The molecule has 0 saturated carbocycles. The Bertz CT molecular complexity index is 1370. The van der Waals surface area contributed by atoms with Gasteiger partial charge in [0.1, 0.15) is 6.54 Å². The third kappa shape index (κ3) is 7.10. The van der Waals surface area contributed by atoms with Crippen molar-refractivity contribution in [3.05, 3.63) is 82.9 Å². The topological polar surface area (TPSA) is 97.3 Å². The highest BCUT2D eigenvalue weighted by Crippen LogP contribution is 2.29. The number of ether oxygens (including phenoxy) is 2. The SMILES string of the molecule is CCOc1ccc(/C=N\NC(=O)CN(c2ccc(C)cc2C)S(=O)(=O)c2ccc(C)cc2)cc1OCC. The highest BCUT2D eigenvalue weighted by Gasteiger charge is 2.28. The van der Waals surface area contributed by atoms with E-state index in [2.05, 4.69) is 10.5 Å². The molecule has 3 aromatic rings. The van der Waals surface area contributed by atoms with E-state index in [4.69, 9.17) is 9.47 Å². The molecule has 3 aromatic carbocycles. The predicted octanol–water partition coefficient (Wildman–Crippen LogP) is 4.75. The van der Waals surface area contributed by atoms with Gasteiger partial charge in [0.05, 0.1) is 30.0 Å². The molecule has 9 heteroatoms. The Balaban J connectivity index is 1.83. The summed E-state index contributed by atoms with van der Waals surface area (Å²) in [6.45, 7) is 9.93. The summed E-state index contributed by atoms with van der Waals surface area (Å²) in [6.07, 6.45) is 1.46. The minimum absolute atomic E-state index is 0.104. The lowest BCUT2D eigenvalue weighted by atomic mass is 10.1. The summed E-state index contributed by atoms with van der Waals surface area (Å²) in [6, 6.07) is 17.3. The number of carbonyl (C=O) groups excluding carboxylic acids is 1. The van der Waals surface area contributed by atoms with E-state index in [1.165, 1.54) is 6.21 Å². The minimum Gasteiger partial charge on any atom is -0.490 e. The van der Waals surface area contributed by atoms with Gasteiger partial charge in [0.15, 0.2) is 11.5 Å². The van der Waals surface area contributed by atoms with Gasteiger partial charge in [-0.1, -0.05) is 35.4 Å². The summed E-state index contributed by atoms with van der Waals surface area (Å²) < 4.78 is 39.4. The van der Waals surface area contributed by atoms with Crippen molar-refractivity contribution in [1.82, 2.24) is 5.43 Å². The molecule has 0 bridgehead atoms. The monoisotopic (exact) mass is 523 g/mol. The number of carbonyl (C=O) groups is 1. The molecule has 1 amide bonds. The summed E-state index contributed by atoms with van der Waals surface area (Å²) in [5, 5.41) is 4.03. The largest absolute Gasteiger partial charge is 0.490 e. The molecule has 0 spiro atoms. The van der Waals surface area contributed by atoms with E-state index in [1.54, 1.807) is 48.5 Å². The van der Waals surface area contributed by atoms with Crippen molar-refractivity contribution in [3.63, 3.8) is 0 Å². The van der Waals surface area contributed by atoms with Crippen molar-refractivity contribution in [2.24, 2.45) is 5.10 Å². The van der Waals surface area contributed by atoms with Gasteiger partial charge in [0.2, 0.25) is 0 Å². The Morgan fingerprint density at radius 1 is 0.892 bits per heavy atom. The van der Waals surface area contributed by atoms with Crippen LogP contribution in [0.15, 0.2) is 70.7 Å². The van der Waals surface area contributed by atoms with Crippen molar-refractivity contribution in [3.8, 4) is 11.5 Å². The Hall–Kier alpha value is -3.85. The smallest absolute Gasteiger partial charge is 0.264 e.